The second kappa shape index (κ2) is 4.75. The Kier molecular flexibility index (Phi) is 3.58. The van der Waals surface area contributed by atoms with Crippen molar-refractivity contribution in [1.82, 2.24) is 0 Å². The van der Waals surface area contributed by atoms with Crippen LogP contribution in [0, 0.1) is 0 Å². The van der Waals surface area contributed by atoms with Crippen LogP contribution in [0.5, 0.6) is 0 Å². The average molecular weight is 179 g/mol. The minimum absolute atomic E-state index is 0.708. The van der Waals surface area contributed by atoms with Crippen molar-refractivity contribution in [2.24, 2.45) is 4.99 Å². The van der Waals surface area contributed by atoms with Crippen molar-refractivity contribution < 1.29 is 4.79 Å². The molecule has 0 atom stereocenters. The van der Waals surface area contributed by atoms with Crippen LogP contribution in [-0.4, -0.2) is 11.8 Å². The fourth-order valence-electron chi connectivity index (χ4n) is 0.876. The Balaban J connectivity index is 2.99. The van der Waals surface area contributed by atoms with E-state index in [1.165, 1.54) is 0 Å². The monoisotopic (exact) mass is 179 g/mol. The molecular formula is C9H9NOS. The van der Waals surface area contributed by atoms with Gasteiger partial charge in [0.2, 0.25) is 6.08 Å². The van der Waals surface area contributed by atoms with Crippen molar-refractivity contribution in [3.8, 4) is 0 Å². The lowest BCUT2D eigenvalue weighted by molar-refractivity contribution is 0.565. The van der Waals surface area contributed by atoms with Crippen LogP contribution in [0.3, 0.4) is 0 Å². The molecule has 0 aromatic heterocycles. The van der Waals surface area contributed by atoms with Crippen LogP contribution >= 0.6 is 11.8 Å². The van der Waals surface area contributed by atoms with Gasteiger partial charge in [-0.1, -0.05) is 19.1 Å². The number of rotatable bonds is 3. The highest BCUT2D eigenvalue weighted by molar-refractivity contribution is 7.99. The molecule has 1 aromatic rings. The molecule has 0 aliphatic rings. The smallest absolute Gasteiger partial charge is 0.211 e. The molecule has 0 unspecified atom stereocenters. The fraction of sp³-hybridized carbons (Fsp3) is 0.222. The molecule has 3 heteroatoms. The summed E-state index contributed by atoms with van der Waals surface area (Å²) in [4.78, 5) is 14.7. The van der Waals surface area contributed by atoms with Crippen molar-refractivity contribution in [3.63, 3.8) is 0 Å². The topological polar surface area (TPSA) is 29.4 Å². The highest BCUT2D eigenvalue weighted by atomic mass is 32.2. The molecule has 0 saturated heterocycles. The van der Waals surface area contributed by atoms with Crippen molar-refractivity contribution >= 4 is 23.5 Å². The Morgan fingerprint density at radius 1 is 1.50 bits per heavy atom. The van der Waals surface area contributed by atoms with E-state index in [9.17, 15) is 4.79 Å². The van der Waals surface area contributed by atoms with E-state index < -0.39 is 0 Å². The molecule has 1 rings (SSSR count). The quantitative estimate of drug-likeness (QED) is 0.405. The first-order valence-electron chi connectivity index (χ1n) is 3.68. The van der Waals surface area contributed by atoms with Gasteiger partial charge in [0.1, 0.15) is 0 Å². The Morgan fingerprint density at radius 3 is 2.92 bits per heavy atom. The summed E-state index contributed by atoms with van der Waals surface area (Å²) >= 11 is 1.67. The first-order chi connectivity index (χ1) is 5.88. The Bertz CT molecular complexity index is 305. The molecule has 1 aromatic carbocycles. The van der Waals surface area contributed by atoms with E-state index in [0.717, 1.165) is 10.6 Å². The van der Waals surface area contributed by atoms with Crippen molar-refractivity contribution in [3.05, 3.63) is 24.3 Å². The molecular weight excluding hydrogens is 170 g/mol. The normalized spacial score (nSPS) is 9.08. The number of isocyanates is 1. The zero-order chi connectivity index (χ0) is 8.81. The number of thioether (sulfide) groups is 1. The molecule has 12 heavy (non-hydrogen) atoms. The summed E-state index contributed by atoms with van der Waals surface area (Å²) in [6.07, 6.45) is 1.54. The van der Waals surface area contributed by atoms with Gasteiger partial charge in [0, 0.05) is 4.90 Å². The van der Waals surface area contributed by atoms with Gasteiger partial charge in [-0.25, -0.2) is 4.79 Å². The van der Waals surface area contributed by atoms with Gasteiger partial charge < -0.3 is 0 Å². The second-order valence-corrected chi connectivity index (χ2v) is 3.41. The summed E-state index contributed by atoms with van der Waals surface area (Å²) in [5, 5.41) is 0. The summed E-state index contributed by atoms with van der Waals surface area (Å²) in [6, 6.07) is 7.55. The van der Waals surface area contributed by atoms with E-state index in [2.05, 4.69) is 11.9 Å². The van der Waals surface area contributed by atoms with E-state index in [4.69, 9.17) is 0 Å². The van der Waals surface area contributed by atoms with E-state index in [1.54, 1.807) is 17.8 Å². The van der Waals surface area contributed by atoms with Crippen LogP contribution in [0.25, 0.3) is 0 Å². The van der Waals surface area contributed by atoms with E-state index in [0.29, 0.717) is 5.69 Å². The van der Waals surface area contributed by atoms with Gasteiger partial charge >= 0.3 is 0 Å². The molecule has 2 nitrogen and oxygen atoms in total. The van der Waals surface area contributed by atoms with Crippen LogP contribution in [0.15, 0.2) is 34.2 Å². The van der Waals surface area contributed by atoms with Crippen molar-refractivity contribution in [2.45, 2.75) is 11.8 Å². The summed E-state index contributed by atoms with van der Waals surface area (Å²) in [6.45, 7) is 2.06. The second-order valence-electron chi connectivity index (χ2n) is 2.10. The third-order valence-electron chi connectivity index (χ3n) is 1.33. The maximum atomic E-state index is 10.0. The predicted octanol–water partition coefficient (Wildman–Crippen LogP) is 2.77. The molecule has 62 valence electrons. The Labute approximate surface area is 75.7 Å². The average Bonchev–Trinajstić information content (AvgIpc) is 2.09. The van der Waals surface area contributed by atoms with Crippen LogP contribution in [0.4, 0.5) is 5.69 Å². The lowest BCUT2D eigenvalue weighted by Crippen LogP contribution is -1.73. The van der Waals surface area contributed by atoms with Crippen LogP contribution in [0.1, 0.15) is 6.92 Å². The van der Waals surface area contributed by atoms with Crippen molar-refractivity contribution in [1.29, 1.82) is 0 Å². The Morgan fingerprint density at radius 2 is 2.25 bits per heavy atom. The lowest BCUT2D eigenvalue weighted by atomic mass is 10.3. The number of carbonyl (C=O) groups excluding carboxylic acids is 1. The van der Waals surface area contributed by atoms with Crippen molar-refractivity contribution in [2.75, 3.05) is 5.75 Å². The van der Waals surface area contributed by atoms with E-state index in [1.807, 2.05) is 24.3 Å². The maximum absolute atomic E-state index is 10.0. The van der Waals surface area contributed by atoms with Gasteiger partial charge in [0.05, 0.1) is 5.69 Å². The molecule has 0 spiro atoms. The Hall–Kier alpha value is -1.05. The lowest BCUT2D eigenvalue weighted by Gasteiger charge is -1.99. The van der Waals surface area contributed by atoms with Gasteiger partial charge in [-0.3, -0.25) is 0 Å². The van der Waals surface area contributed by atoms with E-state index in [-0.39, 0.29) is 0 Å². The minimum atomic E-state index is 0.708. The van der Waals surface area contributed by atoms with Gasteiger partial charge in [-0.2, -0.15) is 4.99 Å². The highest BCUT2D eigenvalue weighted by Crippen LogP contribution is 2.28. The predicted molar refractivity (Wildman–Crippen MR) is 50.6 cm³/mol. The number of benzene rings is 1. The number of hydrogen-bond acceptors (Lipinski definition) is 3. The van der Waals surface area contributed by atoms with E-state index >= 15 is 0 Å². The van der Waals surface area contributed by atoms with Crippen LogP contribution < -0.4 is 0 Å². The number of para-hydroxylation sites is 1. The molecule has 0 amide bonds. The molecule has 0 fully saturated rings. The molecule has 0 heterocycles. The first kappa shape index (κ1) is 9.04. The molecule has 0 aliphatic heterocycles. The number of hydrogen-bond donors (Lipinski definition) is 0. The van der Waals surface area contributed by atoms with Gasteiger partial charge in [0.15, 0.2) is 0 Å². The molecule has 0 radical (unpaired) electrons. The molecule has 0 N–H and O–H groups in total. The summed E-state index contributed by atoms with van der Waals surface area (Å²) in [5.41, 5.74) is 0.708. The minimum Gasteiger partial charge on any atom is -0.211 e. The SMILES string of the molecule is CCSc1ccccc1N=C=O. The standard InChI is InChI=1S/C9H9NOS/c1-2-12-9-6-4-3-5-8(9)10-7-11/h3-6H,2H2,1H3. The molecule has 0 bridgehead atoms. The summed E-state index contributed by atoms with van der Waals surface area (Å²) < 4.78 is 0. The van der Waals surface area contributed by atoms with Gasteiger partial charge in [0.25, 0.3) is 0 Å². The maximum Gasteiger partial charge on any atom is 0.240 e. The van der Waals surface area contributed by atoms with Gasteiger partial charge in [-0.15, -0.1) is 11.8 Å². The highest BCUT2D eigenvalue weighted by Gasteiger charge is 1.97. The summed E-state index contributed by atoms with van der Waals surface area (Å²) in [5.74, 6) is 0.978. The molecule has 0 saturated carbocycles. The summed E-state index contributed by atoms with van der Waals surface area (Å²) in [7, 11) is 0. The number of aliphatic imine (C=N–C) groups is 1. The zero-order valence-electron chi connectivity index (χ0n) is 6.78. The first-order valence-corrected chi connectivity index (χ1v) is 4.66. The third kappa shape index (κ3) is 2.22. The van der Waals surface area contributed by atoms with Crippen LogP contribution in [-0.2, 0) is 4.79 Å². The molecule has 0 aliphatic carbocycles. The zero-order valence-corrected chi connectivity index (χ0v) is 7.60. The largest absolute Gasteiger partial charge is 0.240 e. The van der Waals surface area contributed by atoms with Gasteiger partial charge in [-0.05, 0) is 17.9 Å². The number of nitrogens with zero attached hydrogens (tertiary/aromatic N) is 1. The van der Waals surface area contributed by atoms with Crippen LogP contribution in [0.2, 0.25) is 0 Å². The fourth-order valence-corrected chi connectivity index (χ4v) is 1.62. The third-order valence-corrected chi connectivity index (χ3v) is 2.28.